The van der Waals surface area contributed by atoms with Gasteiger partial charge in [-0.2, -0.15) is 0 Å². The standard InChI is InChI=1S/C19H16ClN3O3/c1-11-7-8-12(2)16(9-11)23-18(25)13(17(24)22-19(23)26)10-21-15-6-4-3-5-14(15)20/h3-10,25H,1-2H3,(H,22,24,26). The summed E-state index contributed by atoms with van der Waals surface area (Å²) < 4.78 is 1.05. The van der Waals surface area contributed by atoms with Crippen molar-refractivity contribution in [3.63, 3.8) is 0 Å². The lowest BCUT2D eigenvalue weighted by Crippen LogP contribution is -2.31. The van der Waals surface area contributed by atoms with E-state index in [1.165, 1.54) is 6.21 Å². The predicted octanol–water partition coefficient (Wildman–Crippen LogP) is 3.25. The van der Waals surface area contributed by atoms with Gasteiger partial charge in [-0.05, 0) is 43.2 Å². The van der Waals surface area contributed by atoms with E-state index in [9.17, 15) is 14.7 Å². The number of hydrogen-bond acceptors (Lipinski definition) is 4. The summed E-state index contributed by atoms with van der Waals surface area (Å²) in [5.41, 5.74) is 1.02. The number of para-hydroxylation sites is 1. The van der Waals surface area contributed by atoms with Crippen molar-refractivity contribution < 1.29 is 5.11 Å². The van der Waals surface area contributed by atoms with Gasteiger partial charge in [-0.25, -0.2) is 9.36 Å². The number of benzene rings is 2. The molecular formula is C19H16ClN3O3. The summed E-state index contributed by atoms with van der Waals surface area (Å²) >= 11 is 6.04. The molecule has 0 saturated carbocycles. The smallest absolute Gasteiger partial charge is 0.335 e. The van der Waals surface area contributed by atoms with Crippen LogP contribution in [0.4, 0.5) is 5.69 Å². The summed E-state index contributed by atoms with van der Waals surface area (Å²) in [4.78, 5) is 30.8. The maximum absolute atomic E-state index is 12.3. The van der Waals surface area contributed by atoms with Crippen LogP contribution in [0.25, 0.3) is 5.69 Å². The minimum atomic E-state index is -0.732. The first kappa shape index (κ1) is 17.7. The Hall–Kier alpha value is -3.12. The van der Waals surface area contributed by atoms with E-state index in [2.05, 4.69) is 9.98 Å². The second kappa shape index (κ2) is 7.01. The fourth-order valence-electron chi connectivity index (χ4n) is 2.53. The molecule has 132 valence electrons. The molecule has 0 atom stereocenters. The number of nitrogens with one attached hydrogen (secondary N) is 1. The van der Waals surface area contributed by atoms with Crippen molar-refractivity contribution in [3.05, 3.63) is 85.0 Å². The number of rotatable bonds is 3. The highest BCUT2D eigenvalue weighted by atomic mass is 35.5. The first-order chi connectivity index (χ1) is 12.4. The Balaban J connectivity index is 2.20. The lowest BCUT2D eigenvalue weighted by molar-refractivity contribution is 0.430. The number of nitrogens with zero attached hydrogens (tertiary/aromatic N) is 2. The summed E-state index contributed by atoms with van der Waals surface area (Å²) in [5.74, 6) is -0.483. The summed E-state index contributed by atoms with van der Waals surface area (Å²) in [5, 5.41) is 11.0. The highest BCUT2D eigenvalue weighted by Gasteiger charge is 2.15. The molecule has 0 amide bonds. The Labute approximate surface area is 154 Å². The molecule has 2 aromatic carbocycles. The largest absolute Gasteiger partial charge is 0.493 e. The first-order valence-electron chi connectivity index (χ1n) is 7.83. The second-order valence-electron chi connectivity index (χ2n) is 5.83. The molecule has 26 heavy (non-hydrogen) atoms. The third-order valence-corrected chi connectivity index (χ3v) is 4.23. The Kier molecular flexibility index (Phi) is 4.77. The lowest BCUT2D eigenvalue weighted by atomic mass is 10.1. The van der Waals surface area contributed by atoms with Gasteiger partial charge < -0.3 is 5.11 Å². The van der Waals surface area contributed by atoms with Crippen LogP contribution >= 0.6 is 11.6 Å². The molecule has 0 saturated heterocycles. The summed E-state index contributed by atoms with van der Waals surface area (Å²) in [6.45, 7) is 3.68. The monoisotopic (exact) mass is 369 g/mol. The molecule has 0 bridgehead atoms. The van der Waals surface area contributed by atoms with Crippen molar-refractivity contribution >= 4 is 23.5 Å². The highest BCUT2D eigenvalue weighted by Crippen LogP contribution is 2.24. The average molecular weight is 370 g/mol. The average Bonchev–Trinajstić information content (AvgIpc) is 2.59. The molecule has 0 fully saturated rings. The molecule has 6 nitrogen and oxygen atoms in total. The molecule has 0 aliphatic rings. The number of aromatic hydroxyl groups is 1. The van der Waals surface area contributed by atoms with E-state index < -0.39 is 17.1 Å². The van der Waals surface area contributed by atoms with E-state index in [0.29, 0.717) is 16.4 Å². The van der Waals surface area contributed by atoms with Crippen LogP contribution in [0.5, 0.6) is 5.88 Å². The van der Waals surface area contributed by atoms with Crippen LogP contribution in [0.2, 0.25) is 5.02 Å². The van der Waals surface area contributed by atoms with E-state index in [-0.39, 0.29) is 5.56 Å². The first-order valence-corrected chi connectivity index (χ1v) is 8.21. The van der Waals surface area contributed by atoms with Crippen LogP contribution in [-0.4, -0.2) is 20.9 Å². The minimum absolute atomic E-state index is 0.134. The topological polar surface area (TPSA) is 87.4 Å². The van der Waals surface area contributed by atoms with Crippen LogP contribution in [-0.2, 0) is 0 Å². The Bertz CT molecular complexity index is 1130. The molecule has 3 aromatic rings. The van der Waals surface area contributed by atoms with Gasteiger partial charge in [0.25, 0.3) is 5.56 Å². The lowest BCUT2D eigenvalue weighted by Gasteiger charge is -2.12. The molecule has 1 heterocycles. The predicted molar refractivity (Wildman–Crippen MR) is 103 cm³/mol. The molecule has 3 rings (SSSR count). The number of aliphatic imine (C=N–C) groups is 1. The highest BCUT2D eigenvalue weighted by molar-refractivity contribution is 6.33. The Morgan fingerprint density at radius 3 is 2.62 bits per heavy atom. The maximum atomic E-state index is 12.3. The van der Waals surface area contributed by atoms with Gasteiger partial charge in [-0.15, -0.1) is 0 Å². The zero-order valence-corrected chi connectivity index (χ0v) is 14.9. The molecule has 0 unspecified atom stereocenters. The number of H-pyrrole nitrogens is 1. The number of aromatic nitrogens is 2. The fourth-order valence-corrected chi connectivity index (χ4v) is 2.71. The zero-order valence-electron chi connectivity index (χ0n) is 14.2. The van der Waals surface area contributed by atoms with Gasteiger partial charge in [0, 0.05) is 6.21 Å². The summed E-state index contributed by atoms with van der Waals surface area (Å²) in [7, 11) is 0. The van der Waals surface area contributed by atoms with E-state index in [1.54, 1.807) is 30.3 Å². The van der Waals surface area contributed by atoms with Crippen molar-refractivity contribution in [2.75, 3.05) is 0 Å². The minimum Gasteiger partial charge on any atom is -0.493 e. The Morgan fingerprint density at radius 2 is 1.88 bits per heavy atom. The van der Waals surface area contributed by atoms with Crippen molar-refractivity contribution in [2.24, 2.45) is 4.99 Å². The van der Waals surface area contributed by atoms with E-state index >= 15 is 0 Å². The van der Waals surface area contributed by atoms with Crippen LogP contribution in [0, 0.1) is 13.8 Å². The third kappa shape index (κ3) is 3.32. The van der Waals surface area contributed by atoms with Crippen LogP contribution < -0.4 is 11.2 Å². The number of aryl methyl sites for hydroxylation is 2. The molecule has 0 aliphatic carbocycles. The normalized spacial score (nSPS) is 11.2. The van der Waals surface area contributed by atoms with Crippen molar-refractivity contribution in [1.82, 2.24) is 9.55 Å². The Morgan fingerprint density at radius 1 is 1.15 bits per heavy atom. The molecule has 0 spiro atoms. The van der Waals surface area contributed by atoms with E-state index in [4.69, 9.17) is 11.6 Å². The number of halogens is 1. The molecule has 0 aliphatic heterocycles. The number of hydrogen-bond donors (Lipinski definition) is 2. The van der Waals surface area contributed by atoms with Gasteiger partial charge >= 0.3 is 5.69 Å². The SMILES string of the molecule is Cc1ccc(C)c(-n2c(O)c(C=Nc3ccccc3Cl)c(=O)[nH]c2=O)c1. The molecule has 1 aromatic heterocycles. The van der Waals surface area contributed by atoms with Crippen LogP contribution in [0.1, 0.15) is 16.7 Å². The van der Waals surface area contributed by atoms with Gasteiger partial charge in [0.1, 0.15) is 5.56 Å². The quantitative estimate of drug-likeness (QED) is 0.694. The van der Waals surface area contributed by atoms with Gasteiger partial charge in [-0.3, -0.25) is 14.8 Å². The summed E-state index contributed by atoms with van der Waals surface area (Å²) in [6, 6.07) is 12.3. The molecule has 0 radical (unpaired) electrons. The van der Waals surface area contributed by atoms with Crippen LogP contribution in [0.3, 0.4) is 0 Å². The molecule has 7 heteroatoms. The van der Waals surface area contributed by atoms with Crippen molar-refractivity contribution in [1.29, 1.82) is 0 Å². The maximum Gasteiger partial charge on any atom is 0.335 e. The van der Waals surface area contributed by atoms with Gasteiger partial charge in [0.15, 0.2) is 0 Å². The molecule has 2 N–H and O–H groups in total. The third-order valence-electron chi connectivity index (χ3n) is 3.91. The van der Waals surface area contributed by atoms with E-state index in [0.717, 1.165) is 15.7 Å². The molecular weight excluding hydrogens is 354 g/mol. The summed E-state index contributed by atoms with van der Waals surface area (Å²) in [6.07, 6.45) is 1.19. The van der Waals surface area contributed by atoms with Crippen molar-refractivity contribution in [2.45, 2.75) is 13.8 Å². The van der Waals surface area contributed by atoms with Crippen molar-refractivity contribution in [3.8, 4) is 11.6 Å². The number of aromatic amines is 1. The van der Waals surface area contributed by atoms with Gasteiger partial charge in [0.2, 0.25) is 5.88 Å². The second-order valence-corrected chi connectivity index (χ2v) is 6.24. The fraction of sp³-hybridized carbons (Fsp3) is 0.105. The van der Waals surface area contributed by atoms with Gasteiger partial charge in [-0.1, -0.05) is 35.9 Å². The zero-order chi connectivity index (χ0) is 18.8. The van der Waals surface area contributed by atoms with Crippen LogP contribution in [0.15, 0.2) is 57.0 Å². The van der Waals surface area contributed by atoms with Gasteiger partial charge in [0.05, 0.1) is 16.4 Å². The van der Waals surface area contributed by atoms with E-state index in [1.807, 2.05) is 26.0 Å².